The fourth-order valence-corrected chi connectivity index (χ4v) is 0.965. The number of aromatic nitrogens is 3. The second kappa shape index (κ2) is 2.23. The molecular weight excluding hydrogens is 140 g/mol. The second-order valence-electron chi connectivity index (χ2n) is 2.23. The molecular formula is C7H8N4. The summed E-state index contributed by atoms with van der Waals surface area (Å²) in [6.07, 6.45) is 3.43. The van der Waals surface area contributed by atoms with Gasteiger partial charge in [-0.3, -0.25) is 0 Å². The fraction of sp³-hybridized carbons (Fsp3) is 0.143. The number of nitrogens with zero attached hydrogens (tertiary/aromatic N) is 3. The molecule has 0 aromatic carbocycles. The van der Waals surface area contributed by atoms with Crippen LogP contribution in [0.5, 0.6) is 0 Å². The third-order valence-corrected chi connectivity index (χ3v) is 1.56. The third kappa shape index (κ3) is 0.920. The second-order valence-corrected chi connectivity index (χ2v) is 2.23. The lowest BCUT2D eigenvalue weighted by atomic mass is 10.4. The number of hydrogen-bond acceptors (Lipinski definition) is 3. The van der Waals surface area contributed by atoms with Gasteiger partial charge in [0, 0.05) is 7.05 Å². The van der Waals surface area contributed by atoms with E-state index >= 15 is 0 Å². The minimum absolute atomic E-state index is 0.865. The van der Waals surface area contributed by atoms with Crippen LogP contribution in [0.25, 0.3) is 5.65 Å². The van der Waals surface area contributed by atoms with Gasteiger partial charge in [0.2, 0.25) is 0 Å². The Bertz CT molecular complexity index is 365. The third-order valence-electron chi connectivity index (χ3n) is 1.56. The molecule has 0 unspecified atom stereocenters. The number of anilines is 1. The summed E-state index contributed by atoms with van der Waals surface area (Å²) in [5.74, 6) is 0. The quantitative estimate of drug-likeness (QED) is 0.649. The summed E-state index contributed by atoms with van der Waals surface area (Å²) in [5.41, 5.74) is 1.90. The monoisotopic (exact) mass is 148 g/mol. The highest BCUT2D eigenvalue weighted by Gasteiger charge is 1.93. The van der Waals surface area contributed by atoms with Crippen molar-refractivity contribution in [3.63, 3.8) is 0 Å². The van der Waals surface area contributed by atoms with Crippen molar-refractivity contribution in [3.05, 3.63) is 24.7 Å². The maximum absolute atomic E-state index is 4.02. The van der Waals surface area contributed by atoms with Gasteiger partial charge in [-0.05, 0) is 12.1 Å². The van der Waals surface area contributed by atoms with Gasteiger partial charge in [0.25, 0.3) is 0 Å². The molecule has 0 bridgehead atoms. The topological polar surface area (TPSA) is 42.2 Å². The Labute approximate surface area is 63.9 Å². The van der Waals surface area contributed by atoms with Crippen molar-refractivity contribution < 1.29 is 0 Å². The van der Waals surface area contributed by atoms with E-state index in [1.165, 1.54) is 6.33 Å². The average molecular weight is 148 g/mol. The van der Waals surface area contributed by atoms with Crippen molar-refractivity contribution in [1.29, 1.82) is 0 Å². The van der Waals surface area contributed by atoms with Crippen molar-refractivity contribution in [2.75, 3.05) is 12.4 Å². The molecule has 0 fully saturated rings. The van der Waals surface area contributed by atoms with Crippen LogP contribution in [0.2, 0.25) is 0 Å². The number of pyridine rings is 1. The van der Waals surface area contributed by atoms with Crippen LogP contribution in [0.15, 0.2) is 24.7 Å². The SMILES string of the molecule is CNc1ccc2ncnn2c1. The van der Waals surface area contributed by atoms with Gasteiger partial charge in [-0.1, -0.05) is 0 Å². The molecule has 56 valence electrons. The van der Waals surface area contributed by atoms with Crippen LogP contribution in [0.4, 0.5) is 5.69 Å². The van der Waals surface area contributed by atoms with E-state index in [-0.39, 0.29) is 0 Å². The van der Waals surface area contributed by atoms with Gasteiger partial charge in [-0.2, -0.15) is 5.10 Å². The maximum Gasteiger partial charge on any atom is 0.155 e. The molecule has 4 nitrogen and oxygen atoms in total. The first kappa shape index (κ1) is 6.15. The maximum atomic E-state index is 4.02. The Hall–Kier alpha value is -1.58. The molecule has 0 saturated carbocycles. The van der Waals surface area contributed by atoms with E-state index in [1.54, 1.807) is 4.52 Å². The molecule has 2 rings (SSSR count). The Morgan fingerprint density at radius 3 is 3.18 bits per heavy atom. The average Bonchev–Trinajstić information content (AvgIpc) is 2.50. The summed E-state index contributed by atoms with van der Waals surface area (Å²) < 4.78 is 1.73. The molecule has 11 heavy (non-hydrogen) atoms. The molecule has 0 aliphatic heterocycles. The first-order valence-corrected chi connectivity index (χ1v) is 3.37. The van der Waals surface area contributed by atoms with Crippen LogP contribution in [-0.4, -0.2) is 21.6 Å². The molecule has 0 aliphatic rings. The molecule has 0 aliphatic carbocycles. The van der Waals surface area contributed by atoms with Crippen molar-refractivity contribution in [2.45, 2.75) is 0 Å². The van der Waals surface area contributed by atoms with E-state index in [2.05, 4.69) is 15.4 Å². The van der Waals surface area contributed by atoms with E-state index in [4.69, 9.17) is 0 Å². The first-order valence-electron chi connectivity index (χ1n) is 3.37. The standard InChI is InChI=1S/C7H8N4/c1-8-6-2-3-7-9-5-10-11(7)4-6/h2-5,8H,1H3. The van der Waals surface area contributed by atoms with E-state index in [0.717, 1.165) is 11.3 Å². The Morgan fingerprint density at radius 2 is 2.36 bits per heavy atom. The van der Waals surface area contributed by atoms with Crippen LogP contribution >= 0.6 is 0 Å². The summed E-state index contributed by atoms with van der Waals surface area (Å²) in [7, 11) is 1.87. The highest BCUT2D eigenvalue weighted by Crippen LogP contribution is 2.06. The molecule has 0 saturated heterocycles. The number of rotatable bonds is 1. The highest BCUT2D eigenvalue weighted by molar-refractivity contribution is 5.48. The normalized spacial score (nSPS) is 10.3. The fourth-order valence-electron chi connectivity index (χ4n) is 0.965. The van der Waals surface area contributed by atoms with Crippen LogP contribution in [0.3, 0.4) is 0 Å². The zero-order valence-corrected chi connectivity index (χ0v) is 6.15. The Balaban J connectivity index is 2.67. The zero-order valence-electron chi connectivity index (χ0n) is 6.15. The smallest absolute Gasteiger partial charge is 0.155 e. The van der Waals surface area contributed by atoms with Crippen LogP contribution in [0, 0.1) is 0 Å². The lowest BCUT2D eigenvalue weighted by Crippen LogP contribution is -1.92. The van der Waals surface area contributed by atoms with Crippen LogP contribution in [-0.2, 0) is 0 Å². The van der Waals surface area contributed by atoms with Crippen molar-refractivity contribution in [2.24, 2.45) is 0 Å². The molecule has 4 heteroatoms. The summed E-state index contributed by atoms with van der Waals surface area (Å²) in [6.45, 7) is 0. The lowest BCUT2D eigenvalue weighted by molar-refractivity contribution is 0.962. The number of nitrogens with one attached hydrogen (secondary N) is 1. The van der Waals surface area contributed by atoms with Gasteiger partial charge in [-0.25, -0.2) is 9.50 Å². The predicted octanol–water partition coefficient (Wildman–Crippen LogP) is 0.771. The Kier molecular flexibility index (Phi) is 1.25. The molecule has 0 spiro atoms. The van der Waals surface area contributed by atoms with E-state index in [9.17, 15) is 0 Å². The van der Waals surface area contributed by atoms with Crippen molar-refractivity contribution in [3.8, 4) is 0 Å². The number of hydrogen-bond donors (Lipinski definition) is 1. The summed E-state index contributed by atoms with van der Waals surface area (Å²) in [5, 5.41) is 7.01. The molecule has 2 aromatic rings. The largest absolute Gasteiger partial charge is 0.387 e. The highest BCUT2D eigenvalue weighted by atomic mass is 15.3. The molecule has 2 aromatic heterocycles. The summed E-state index contributed by atoms with van der Waals surface area (Å²) >= 11 is 0. The van der Waals surface area contributed by atoms with Gasteiger partial charge in [0.1, 0.15) is 6.33 Å². The molecule has 0 amide bonds. The zero-order chi connectivity index (χ0) is 7.68. The predicted molar refractivity (Wildman–Crippen MR) is 42.5 cm³/mol. The van der Waals surface area contributed by atoms with E-state index in [0.29, 0.717) is 0 Å². The Morgan fingerprint density at radius 1 is 1.45 bits per heavy atom. The minimum atomic E-state index is 0.865. The first-order chi connectivity index (χ1) is 5.40. The lowest BCUT2D eigenvalue weighted by Gasteiger charge is -1.97. The summed E-state index contributed by atoms with van der Waals surface area (Å²) in [6, 6.07) is 3.88. The van der Waals surface area contributed by atoms with Crippen LogP contribution < -0.4 is 5.32 Å². The molecule has 1 N–H and O–H groups in total. The van der Waals surface area contributed by atoms with Gasteiger partial charge < -0.3 is 5.32 Å². The van der Waals surface area contributed by atoms with Crippen LogP contribution in [0.1, 0.15) is 0 Å². The van der Waals surface area contributed by atoms with E-state index < -0.39 is 0 Å². The van der Waals surface area contributed by atoms with Crippen molar-refractivity contribution in [1.82, 2.24) is 14.6 Å². The van der Waals surface area contributed by atoms with Crippen molar-refractivity contribution >= 4 is 11.3 Å². The van der Waals surface area contributed by atoms with Gasteiger partial charge >= 0.3 is 0 Å². The van der Waals surface area contributed by atoms with Gasteiger partial charge in [0.05, 0.1) is 11.9 Å². The summed E-state index contributed by atoms with van der Waals surface area (Å²) in [4.78, 5) is 4.02. The number of fused-ring (bicyclic) bond motifs is 1. The minimum Gasteiger partial charge on any atom is -0.387 e. The molecule has 0 radical (unpaired) electrons. The van der Waals surface area contributed by atoms with Gasteiger partial charge in [0.15, 0.2) is 5.65 Å². The van der Waals surface area contributed by atoms with E-state index in [1.807, 2.05) is 25.4 Å². The molecule has 0 atom stereocenters. The molecule has 2 heterocycles. The van der Waals surface area contributed by atoms with Gasteiger partial charge in [-0.15, -0.1) is 0 Å².